The maximum absolute atomic E-state index is 6.10. The molecule has 1 fully saturated rings. The molecule has 0 radical (unpaired) electrons. The summed E-state index contributed by atoms with van der Waals surface area (Å²) in [6.45, 7) is 1.98. The van der Waals surface area contributed by atoms with Crippen LogP contribution in [0.5, 0.6) is 0 Å². The van der Waals surface area contributed by atoms with Crippen molar-refractivity contribution in [3.05, 3.63) is 35.6 Å². The Morgan fingerprint density at radius 1 is 1.33 bits per heavy atom. The van der Waals surface area contributed by atoms with Crippen LogP contribution in [-0.2, 0) is 6.42 Å². The van der Waals surface area contributed by atoms with Crippen molar-refractivity contribution in [3.63, 3.8) is 0 Å². The topological polar surface area (TPSA) is 39.2 Å². The van der Waals surface area contributed by atoms with E-state index in [4.69, 9.17) is 10.2 Å². The fourth-order valence-corrected chi connectivity index (χ4v) is 2.08. The summed E-state index contributed by atoms with van der Waals surface area (Å²) in [5, 5.41) is 1.19. The van der Waals surface area contributed by atoms with Crippen molar-refractivity contribution in [1.29, 1.82) is 0 Å². The van der Waals surface area contributed by atoms with Crippen LogP contribution in [0.15, 0.2) is 28.7 Å². The number of furan rings is 1. The third-order valence-electron chi connectivity index (χ3n) is 3.15. The van der Waals surface area contributed by atoms with E-state index >= 15 is 0 Å². The molecular weight excluding hydrogens is 186 g/mol. The number of fused-ring (bicyclic) bond motifs is 1. The average molecular weight is 201 g/mol. The van der Waals surface area contributed by atoms with Crippen molar-refractivity contribution in [2.75, 3.05) is 0 Å². The van der Waals surface area contributed by atoms with Gasteiger partial charge in [-0.25, -0.2) is 0 Å². The van der Waals surface area contributed by atoms with Gasteiger partial charge in [-0.2, -0.15) is 0 Å². The van der Waals surface area contributed by atoms with E-state index in [-0.39, 0.29) is 5.54 Å². The lowest BCUT2D eigenvalue weighted by Crippen LogP contribution is -2.24. The normalized spacial score (nSPS) is 18.3. The van der Waals surface area contributed by atoms with Gasteiger partial charge in [0.05, 0.1) is 0 Å². The summed E-state index contributed by atoms with van der Waals surface area (Å²) < 4.78 is 5.54. The molecule has 2 nitrogen and oxygen atoms in total. The van der Waals surface area contributed by atoms with Crippen LogP contribution in [0.4, 0.5) is 0 Å². The molecule has 0 aliphatic heterocycles. The molecule has 0 unspecified atom stereocenters. The van der Waals surface area contributed by atoms with E-state index in [1.165, 1.54) is 10.9 Å². The molecule has 15 heavy (non-hydrogen) atoms. The van der Waals surface area contributed by atoms with Crippen molar-refractivity contribution in [3.8, 4) is 0 Å². The Kier molecular flexibility index (Phi) is 1.71. The molecule has 2 heteroatoms. The van der Waals surface area contributed by atoms with Crippen molar-refractivity contribution in [1.82, 2.24) is 0 Å². The lowest BCUT2D eigenvalue weighted by Gasteiger charge is -2.07. The summed E-state index contributed by atoms with van der Waals surface area (Å²) in [6.07, 6.45) is 3.32. The first-order chi connectivity index (χ1) is 7.15. The fraction of sp³-hybridized carbons (Fsp3) is 0.385. The molecule has 0 amide bonds. The zero-order chi connectivity index (χ0) is 10.5. The summed E-state index contributed by atoms with van der Waals surface area (Å²) in [7, 11) is 0. The van der Waals surface area contributed by atoms with Crippen LogP contribution >= 0.6 is 0 Å². The number of benzene rings is 1. The third-order valence-corrected chi connectivity index (χ3v) is 3.15. The summed E-state index contributed by atoms with van der Waals surface area (Å²) >= 11 is 0. The smallest absolute Gasteiger partial charge is 0.134 e. The van der Waals surface area contributed by atoms with Crippen molar-refractivity contribution in [2.24, 2.45) is 5.73 Å². The van der Waals surface area contributed by atoms with E-state index in [0.29, 0.717) is 0 Å². The molecule has 2 aromatic rings. The molecule has 0 spiro atoms. The van der Waals surface area contributed by atoms with E-state index in [0.717, 1.165) is 30.6 Å². The quantitative estimate of drug-likeness (QED) is 0.811. The number of aryl methyl sites for hydroxylation is 1. The highest BCUT2D eigenvalue weighted by atomic mass is 16.3. The van der Waals surface area contributed by atoms with Crippen LogP contribution in [0, 0.1) is 6.92 Å². The molecule has 78 valence electrons. The molecule has 3 rings (SSSR count). The Labute approximate surface area is 89.1 Å². The van der Waals surface area contributed by atoms with Crippen LogP contribution in [0.1, 0.15) is 24.2 Å². The highest BCUT2D eigenvalue weighted by Crippen LogP contribution is 2.36. The maximum Gasteiger partial charge on any atom is 0.134 e. The monoisotopic (exact) mass is 201 g/mol. The molecule has 0 atom stereocenters. The second-order valence-corrected chi connectivity index (χ2v) is 4.77. The van der Waals surface area contributed by atoms with E-state index in [1.54, 1.807) is 0 Å². The SMILES string of the molecule is Cc1cc2cc(CC3(N)CC3)ccc2o1. The van der Waals surface area contributed by atoms with Gasteiger partial charge in [-0.1, -0.05) is 6.07 Å². The maximum atomic E-state index is 6.10. The molecular formula is C13H15NO. The van der Waals surface area contributed by atoms with Gasteiger partial charge in [0.2, 0.25) is 0 Å². The van der Waals surface area contributed by atoms with Crippen LogP contribution in [0.2, 0.25) is 0 Å². The first-order valence-corrected chi connectivity index (χ1v) is 5.43. The lowest BCUT2D eigenvalue weighted by molar-refractivity contribution is 0.578. The fourth-order valence-electron chi connectivity index (χ4n) is 2.08. The van der Waals surface area contributed by atoms with Gasteiger partial charge in [-0.3, -0.25) is 0 Å². The van der Waals surface area contributed by atoms with Gasteiger partial charge in [-0.05, 0) is 49.9 Å². The summed E-state index contributed by atoms with van der Waals surface area (Å²) in [6, 6.07) is 8.44. The lowest BCUT2D eigenvalue weighted by atomic mass is 10.0. The van der Waals surface area contributed by atoms with Crippen molar-refractivity contribution < 1.29 is 4.42 Å². The Hall–Kier alpha value is -1.28. The van der Waals surface area contributed by atoms with Gasteiger partial charge in [0.15, 0.2) is 0 Å². The van der Waals surface area contributed by atoms with E-state index in [2.05, 4.69) is 18.2 Å². The first kappa shape index (κ1) is 8.98. The van der Waals surface area contributed by atoms with Crippen LogP contribution in [-0.4, -0.2) is 5.54 Å². The third kappa shape index (κ3) is 1.65. The molecule has 1 aromatic carbocycles. The average Bonchev–Trinajstić information content (AvgIpc) is 2.76. The molecule has 1 aliphatic rings. The predicted molar refractivity (Wildman–Crippen MR) is 60.8 cm³/mol. The number of rotatable bonds is 2. The number of hydrogen-bond acceptors (Lipinski definition) is 2. The summed E-state index contributed by atoms with van der Waals surface area (Å²) in [5.41, 5.74) is 8.49. The second kappa shape index (κ2) is 2.86. The van der Waals surface area contributed by atoms with Gasteiger partial charge in [-0.15, -0.1) is 0 Å². The summed E-state index contributed by atoms with van der Waals surface area (Å²) in [5.74, 6) is 0.969. The van der Waals surface area contributed by atoms with E-state index in [1.807, 2.05) is 13.0 Å². The minimum Gasteiger partial charge on any atom is -0.461 e. The number of nitrogens with two attached hydrogens (primary N) is 1. The molecule has 1 heterocycles. The second-order valence-electron chi connectivity index (χ2n) is 4.77. The first-order valence-electron chi connectivity index (χ1n) is 5.43. The Morgan fingerprint density at radius 2 is 2.13 bits per heavy atom. The largest absolute Gasteiger partial charge is 0.461 e. The minimum absolute atomic E-state index is 0.0897. The van der Waals surface area contributed by atoms with Gasteiger partial charge in [0, 0.05) is 10.9 Å². The number of hydrogen-bond donors (Lipinski definition) is 1. The molecule has 0 saturated heterocycles. The standard InChI is InChI=1S/C13H15NO/c1-9-6-11-7-10(2-3-12(11)15-9)8-13(14)4-5-13/h2-3,6-7H,4-5,8,14H2,1H3. The van der Waals surface area contributed by atoms with Crippen LogP contribution in [0.25, 0.3) is 11.0 Å². The molecule has 0 bridgehead atoms. The Morgan fingerprint density at radius 3 is 2.87 bits per heavy atom. The minimum atomic E-state index is 0.0897. The van der Waals surface area contributed by atoms with E-state index < -0.39 is 0 Å². The van der Waals surface area contributed by atoms with Gasteiger partial charge in [0.1, 0.15) is 11.3 Å². The van der Waals surface area contributed by atoms with Crippen molar-refractivity contribution >= 4 is 11.0 Å². The Balaban J connectivity index is 1.98. The molecule has 1 saturated carbocycles. The zero-order valence-electron chi connectivity index (χ0n) is 8.92. The predicted octanol–water partition coefficient (Wildman–Crippen LogP) is 2.78. The molecule has 1 aromatic heterocycles. The highest BCUT2D eigenvalue weighted by molar-refractivity contribution is 5.78. The van der Waals surface area contributed by atoms with Crippen LogP contribution in [0.3, 0.4) is 0 Å². The van der Waals surface area contributed by atoms with Crippen molar-refractivity contribution in [2.45, 2.75) is 31.7 Å². The highest BCUT2D eigenvalue weighted by Gasteiger charge is 2.37. The van der Waals surface area contributed by atoms with Gasteiger partial charge in [0.25, 0.3) is 0 Å². The molecule has 2 N–H and O–H groups in total. The zero-order valence-corrected chi connectivity index (χ0v) is 8.92. The Bertz CT molecular complexity index is 508. The van der Waals surface area contributed by atoms with Gasteiger partial charge >= 0.3 is 0 Å². The van der Waals surface area contributed by atoms with E-state index in [9.17, 15) is 0 Å². The summed E-state index contributed by atoms with van der Waals surface area (Å²) in [4.78, 5) is 0. The van der Waals surface area contributed by atoms with Crippen LogP contribution < -0.4 is 5.73 Å². The molecule has 1 aliphatic carbocycles. The van der Waals surface area contributed by atoms with Gasteiger partial charge < -0.3 is 10.2 Å².